The SMILES string of the molecule is CC1CN(C(=O)c2ccc(Cl)cc2)CCN1C. The first-order valence-electron chi connectivity index (χ1n) is 5.83. The van der Waals surface area contributed by atoms with Crippen LogP contribution in [0.25, 0.3) is 0 Å². The second-order valence-electron chi connectivity index (χ2n) is 4.59. The number of benzene rings is 1. The molecule has 1 aliphatic heterocycles. The van der Waals surface area contributed by atoms with Crippen molar-refractivity contribution in [2.75, 3.05) is 26.7 Å². The smallest absolute Gasteiger partial charge is 0.253 e. The fraction of sp³-hybridized carbons (Fsp3) is 0.462. The molecule has 1 aliphatic rings. The molecule has 0 aromatic heterocycles. The van der Waals surface area contributed by atoms with Crippen LogP contribution in [-0.2, 0) is 0 Å². The van der Waals surface area contributed by atoms with Crippen molar-refractivity contribution in [3.63, 3.8) is 0 Å². The summed E-state index contributed by atoms with van der Waals surface area (Å²) in [5.74, 6) is 0.0987. The van der Waals surface area contributed by atoms with Gasteiger partial charge in [0.1, 0.15) is 0 Å². The Kier molecular flexibility index (Phi) is 3.69. The van der Waals surface area contributed by atoms with Crippen molar-refractivity contribution in [3.05, 3.63) is 34.9 Å². The van der Waals surface area contributed by atoms with Gasteiger partial charge in [-0.1, -0.05) is 11.6 Å². The highest BCUT2D eigenvalue weighted by Crippen LogP contribution is 2.14. The van der Waals surface area contributed by atoms with Gasteiger partial charge in [0.2, 0.25) is 0 Å². The molecule has 3 nitrogen and oxygen atoms in total. The van der Waals surface area contributed by atoms with Crippen LogP contribution >= 0.6 is 11.6 Å². The van der Waals surface area contributed by atoms with Gasteiger partial charge in [0.25, 0.3) is 5.91 Å². The fourth-order valence-corrected chi connectivity index (χ4v) is 2.13. The Bertz CT molecular complexity index is 404. The van der Waals surface area contributed by atoms with E-state index in [0.717, 1.165) is 19.6 Å². The summed E-state index contributed by atoms with van der Waals surface area (Å²) in [7, 11) is 2.09. The topological polar surface area (TPSA) is 23.6 Å². The first-order chi connectivity index (χ1) is 8.08. The minimum atomic E-state index is 0.0987. The number of carbonyl (C=O) groups is 1. The molecule has 0 spiro atoms. The van der Waals surface area contributed by atoms with Crippen molar-refractivity contribution >= 4 is 17.5 Å². The number of carbonyl (C=O) groups excluding carboxylic acids is 1. The number of halogens is 1. The molecule has 2 rings (SSSR count). The van der Waals surface area contributed by atoms with Crippen LogP contribution < -0.4 is 0 Å². The molecular formula is C13H17ClN2O. The van der Waals surface area contributed by atoms with Gasteiger partial charge in [0.15, 0.2) is 0 Å². The van der Waals surface area contributed by atoms with Crippen LogP contribution in [0.15, 0.2) is 24.3 Å². The molecule has 1 unspecified atom stereocenters. The standard InChI is InChI=1S/C13H17ClN2O/c1-10-9-16(8-7-15(10)2)13(17)11-3-5-12(14)6-4-11/h3-6,10H,7-9H2,1-2H3. The Morgan fingerprint density at radius 3 is 2.53 bits per heavy atom. The molecule has 1 heterocycles. The van der Waals surface area contributed by atoms with Gasteiger partial charge in [0.05, 0.1) is 0 Å². The summed E-state index contributed by atoms with van der Waals surface area (Å²) in [4.78, 5) is 16.4. The van der Waals surface area contributed by atoms with Crippen molar-refractivity contribution in [3.8, 4) is 0 Å². The highest BCUT2D eigenvalue weighted by Gasteiger charge is 2.24. The summed E-state index contributed by atoms with van der Waals surface area (Å²) >= 11 is 5.81. The van der Waals surface area contributed by atoms with Gasteiger partial charge in [-0.05, 0) is 38.2 Å². The Balaban J connectivity index is 2.08. The van der Waals surface area contributed by atoms with E-state index in [1.807, 2.05) is 4.90 Å². The minimum Gasteiger partial charge on any atom is -0.336 e. The Morgan fingerprint density at radius 1 is 1.29 bits per heavy atom. The molecule has 0 bridgehead atoms. The van der Waals surface area contributed by atoms with E-state index in [1.54, 1.807) is 24.3 Å². The molecule has 0 radical (unpaired) electrons. The summed E-state index contributed by atoms with van der Waals surface area (Å²) in [6.45, 7) is 4.65. The van der Waals surface area contributed by atoms with Gasteiger partial charge in [-0.15, -0.1) is 0 Å². The van der Waals surface area contributed by atoms with E-state index in [4.69, 9.17) is 11.6 Å². The van der Waals surface area contributed by atoms with Gasteiger partial charge in [-0.3, -0.25) is 4.79 Å². The second-order valence-corrected chi connectivity index (χ2v) is 5.02. The van der Waals surface area contributed by atoms with Crippen molar-refractivity contribution in [1.29, 1.82) is 0 Å². The summed E-state index contributed by atoms with van der Waals surface area (Å²) < 4.78 is 0. The van der Waals surface area contributed by atoms with Gasteiger partial charge in [-0.2, -0.15) is 0 Å². The first kappa shape index (κ1) is 12.4. The molecule has 1 fully saturated rings. The Hall–Kier alpha value is -1.06. The molecule has 1 atom stereocenters. The normalized spacial score (nSPS) is 21.6. The van der Waals surface area contributed by atoms with Crippen molar-refractivity contribution in [2.24, 2.45) is 0 Å². The maximum Gasteiger partial charge on any atom is 0.253 e. The lowest BCUT2D eigenvalue weighted by atomic mass is 10.1. The Labute approximate surface area is 107 Å². The quantitative estimate of drug-likeness (QED) is 0.764. The van der Waals surface area contributed by atoms with Crippen molar-refractivity contribution in [1.82, 2.24) is 9.80 Å². The van der Waals surface area contributed by atoms with Crippen LogP contribution in [0.1, 0.15) is 17.3 Å². The summed E-state index contributed by atoms with van der Waals surface area (Å²) in [5, 5.41) is 0.660. The predicted molar refractivity (Wildman–Crippen MR) is 69.4 cm³/mol. The fourth-order valence-electron chi connectivity index (χ4n) is 2.01. The van der Waals surface area contributed by atoms with Crippen LogP contribution in [0.5, 0.6) is 0 Å². The number of amides is 1. The van der Waals surface area contributed by atoms with Crippen LogP contribution in [0, 0.1) is 0 Å². The first-order valence-corrected chi connectivity index (χ1v) is 6.21. The average molecular weight is 253 g/mol. The van der Waals surface area contributed by atoms with Gasteiger partial charge in [-0.25, -0.2) is 0 Å². The number of likely N-dealkylation sites (N-methyl/N-ethyl adjacent to an activating group) is 1. The largest absolute Gasteiger partial charge is 0.336 e. The highest BCUT2D eigenvalue weighted by molar-refractivity contribution is 6.30. The Morgan fingerprint density at radius 2 is 1.94 bits per heavy atom. The summed E-state index contributed by atoms with van der Waals surface area (Å²) in [5.41, 5.74) is 0.714. The van der Waals surface area contributed by atoms with Crippen molar-refractivity contribution in [2.45, 2.75) is 13.0 Å². The van der Waals surface area contributed by atoms with Crippen molar-refractivity contribution < 1.29 is 4.79 Å². The zero-order valence-corrected chi connectivity index (χ0v) is 10.9. The molecule has 1 aromatic carbocycles. The number of rotatable bonds is 1. The molecule has 1 saturated heterocycles. The third kappa shape index (κ3) is 2.79. The monoisotopic (exact) mass is 252 g/mol. The molecule has 17 heavy (non-hydrogen) atoms. The van der Waals surface area contributed by atoms with Gasteiger partial charge < -0.3 is 9.80 Å². The lowest BCUT2D eigenvalue weighted by molar-refractivity contribution is 0.0572. The van der Waals surface area contributed by atoms with E-state index in [9.17, 15) is 4.79 Å². The maximum absolute atomic E-state index is 12.2. The second kappa shape index (κ2) is 5.07. The number of hydrogen-bond donors (Lipinski definition) is 0. The lowest BCUT2D eigenvalue weighted by Crippen LogP contribution is -2.52. The highest BCUT2D eigenvalue weighted by atomic mass is 35.5. The minimum absolute atomic E-state index is 0.0987. The van der Waals surface area contributed by atoms with Crippen LogP contribution in [0.3, 0.4) is 0 Å². The lowest BCUT2D eigenvalue weighted by Gasteiger charge is -2.37. The number of hydrogen-bond acceptors (Lipinski definition) is 2. The van der Waals surface area contributed by atoms with E-state index < -0.39 is 0 Å². The average Bonchev–Trinajstić information content (AvgIpc) is 2.33. The third-order valence-corrected chi connectivity index (χ3v) is 3.59. The summed E-state index contributed by atoms with van der Waals surface area (Å²) in [6, 6.07) is 7.50. The van der Waals surface area contributed by atoms with Gasteiger partial charge >= 0.3 is 0 Å². The molecule has 92 valence electrons. The molecule has 1 aromatic rings. The zero-order valence-electron chi connectivity index (χ0n) is 10.2. The molecule has 1 amide bonds. The van der Waals surface area contributed by atoms with Crippen LogP contribution in [0.4, 0.5) is 0 Å². The molecule has 0 saturated carbocycles. The van der Waals surface area contributed by atoms with Gasteiger partial charge in [0, 0.05) is 36.3 Å². The molecular weight excluding hydrogens is 236 g/mol. The third-order valence-electron chi connectivity index (χ3n) is 3.34. The van der Waals surface area contributed by atoms with E-state index in [2.05, 4.69) is 18.9 Å². The molecule has 0 N–H and O–H groups in total. The summed E-state index contributed by atoms with van der Waals surface area (Å²) in [6.07, 6.45) is 0. The van der Waals surface area contributed by atoms with Crippen LogP contribution in [-0.4, -0.2) is 48.4 Å². The predicted octanol–water partition coefficient (Wildman–Crippen LogP) is 2.12. The number of nitrogens with zero attached hydrogens (tertiary/aromatic N) is 2. The maximum atomic E-state index is 12.2. The molecule has 4 heteroatoms. The van der Waals surface area contributed by atoms with Crippen LogP contribution in [0.2, 0.25) is 5.02 Å². The van der Waals surface area contributed by atoms with E-state index >= 15 is 0 Å². The molecule has 0 aliphatic carbocycles. The zero-order chi connectivity index (χ0) is 12.4. The number of piperazine rings is 1. The van der Waals surface area contributed by atoms with E-state index in [1.165, 1.54) is 0 Å². The van der Waals surface area contributed by atoms with E-state index in [0.29, 0.717) is 16.6 Å². The van der Waals surface area contributed by atoms with E-state index in [-0.39, 0.29) is 5.91 Å².